The number of hydrazine groups is 1. The highest BCUT2D eigenvalue weighted by molar-refractivity contribution is 5.96. The maximum Gasteiger partial charge on any atom is 0.491 e. The lowest BCUT2D eigenvalue weighted by molar-refractivity contribution is -0.214. The molecule has 40 heavy (non-hydrogen) atoms. The van der Waals surface area contributed by atoms with Gasteiger partial charge in [-0.3, -0.25) is 15.6 Å². The number of carbonyl (C=O) groups is 2. The fourth-order valence-corrected chi connectivity index (χ4v) is 3.77. The fourth-order valence-electron chi connectivity index (χ4n) is 3.77. The smallest absolute Gasteiger partial charge is 0.490 e. The van der Waals surface area contributed by atoms with Crippen LogP contribution in [0.5, 0.6) is 11.5 Å². The summed E-state index contributed by atoms with van der Waals surface area (Å²) in [6.45, 7) is 6.45. The third kappa shape index (κ3) is 7.54. The number of ether oxygens (including phenoxy) is 4. The van der Waals surface area contributed by atoms with E-state index >= 15 is 0 Å². The van der Waals surface area contributed by atoms with E-state index in [2.05, 4.69) is 10.7 Å². The number of nitrogens with two attached hydrogens (primary N) is 1. The Hall–Kier alpha value is -4.04. The molecule has 0 saturated carbocycles. The summed E-state index contributed by atoms with van der Waals surface area (Å²) in [5.41, 5.74) is 5.57. The summed E-state index contributed by atoms with van der Waals surface area (Å²) in [7, 11) is 0. The number of nitrogen functional groups attached to an aromatic ring is 1. The Morgan fingerprint density at radius 3 is 2.30 bits per heavy atom. The number of hydrogen-bond donors (Lipinski definition) is 4. The van der Waals surface area contributed by atoms with Crippen LogP contribution >= 0.6 is 0 Å². The zero-order valence-electron chi connectivity index (χ0n) is 22.3. The lowest BCUT2D eigenvalue weighted by Gasteiger charge is -2.37. The molecule has 14 heteroatoms. The third-order valence-electron chi connectivity index (χ3n) is 5.60. The molecule has 1 amide bonds. The topological polar surface area (TPSA) is 148 Å². The van der Waals surface area contributed by atoms with Crippen LogP contribution < -0.4 is 25.9 Å². The monoisotopic (exact) mass is 567 g/mol. The van der Waals surface area contributed by atoms with Gasteiger partial charge in [-0.2, -0.15) is 13.2 Å². The van der Waals surface area contributed by atoms with Crippen LogP contribution in [-0.4, -0.2) is 67.9 Å². The SMILES string of the molecule is CCOc1cc(C(Nc2ccc(C(=N)N)cc2)(OC(=O)C(F)(F)F)C(=O)NN2CCOCC2)ccc1OC(C)C. The maximum absolute atomic E-state index is 13.9. The zero-order chi connectivity index (χ0) is 29.5. The van der Waals surface area contributed by atoms with Crippen molar-refractivity contribution in [1.29, 1.82) is 5.41 Å². The molecule has 1 aliphatic heterocycles. The molecule has 0 aliphatic carbocycles. The first-order chi connectivity index (χ1) is 18.9. The van der Waals surface area contributed by atoms with Crippen LogP contribution in [-0.2, 0) is 24.8 Å². The van der Waals surface area contributed by atoms with Gasteiger partial charge in [-0.1, -0.05) is 0 Å². The molecule has 0 spiro atoms. The van der Waals surface area contributed by atoms with E-state index in [1.54, 1.807) is 20.8 Å². The number of carbonyl (C=O) groups excluding carboxylic acids is 2. The number of anilines is 1. The average Bonchev–Trinajstić information content (AvgIpc) is 2.89. The van der Waals surface area contributed by atoms with Gasteiger partial charge in [0, 0.05) is 29.9 Å². The van der Waals surface area contributed by atoms with Crippen LogP contribution in [0.15, 0.2) is 42.5 Å². The van der Waals surface area contributed by atoms with Crippen molar-refractivity contribution in [2.75, 3.05) is 38.2 Å². The average molecular weight is 568 g/mol. The predicted molar refractivity (Wildman–Crippen MR) is 139 cm³/mol. The fraction of sp³-hybridized carbons (Fsp3) is 0.423. The minimum atomic E-state index is -5.42. The second-order valence-electron chi connectivity index (χ2n) is 8.99. The van der Waals surface area contributed by atoms with Gasteiger partial charge in [-0.25, -0.2) is 9.80 Å². The molecule has 1 unspecified atom stereocenters. The van der Waals surface area contributed by atoms with Crippen LogP contribution in [0, 0.1) is 5.41 Å². The van der Waals surface area contributed by atoms with Crippen LogP contribution in [0.2, 0.25) is 0 Å². The Kier molecular flexibility index (Phi) is 9.82. The number of nitrogens with zero attached hydrogens (tertiary/aromatic N) is 1. The number of amidine groups is 1. The number of rotatable bonds is 11. The van der Waals surface area contributed by atoms with Gasteiger partial charge in [0.05, 0.1) is 25.9 Å². The molecule has 3 rings (SSSR count). The van der Waals surface area contributed by atoms with Crippen molar-refractivity contribution in [2.24, 2.45) is 5.73 Å². The summed E-state index contributed by atoms with van der Waals surface area (Å²) in [4.78, 5) is 26.2. The van der Waals surface area contributed by atoms with Gasteiger partial charge >= 0.3 is 18.1 Å². The number of morpholine rings is 1. The molecular formula is C26H32F3N5O6. The quantitative estimate of drug-likeness (QED) is 0.139. The molecule has 11 nitrogen and oxygen atoms in total. The summed E-state index contributed by atoms with van der Waals surface area (Å²) in [6.07, 6.45) is -5.69. The van der Waals surface area contributed by atoms with Crippen molar-refractivity contribution in [3.8, 4) is 11.5 Å². The number of benzene rings is 2. The molecule has 1 heterocycles. The molecule has 0 bridgehead atoms. The molecular weight excluding hydrogens is 535 g/mol. The number of halogens is 3. The van der Waals surface area contributed by atoms with E-state index < -0.39 is 23.8 Å². The van der Waals surface area contributed by atoms with E-state index in [0.29, 0.717) is 5.56 Å². The highest BCUT2D eigenvalue weighted by Crippen LogP contribution is 2.38. The lowest BCUT2D eigenvalue weighted by atomic mass is 9.99. The molecule has 1 aliphatic rings. The summed E-state index contributed by atoms with van der Waals surface area (Å²) < 4.78 is 62.4. The molecule has 1 fully saturated rings. The van der Waals surface area contributed by atoms with E-state index in [1.807, 2.05) is 0 Å². The highest BCUT2D eigenvalue weighted by Gasteiger charge is 2.52. The number of alkyl halides is 3. The second kappa shape index (κ2) is 12.9. The van der Waals surface area contributed by atoms with Crippen LogP contribution in [0.1, 0.15) is 31.9 Å². The van der Waals surface area contributed by atoms with Gasteiger partial charge in [0.1, 0.15) is 5.84 Å². The zero-order valence-corrected chi connectivity index (χ0v) is 22.3. The first-order valence-corrected chi connectivity index (χ1v) is 12.5. The summed E-state index contributed by atoms with van der Waals surface area (Å²) >= 11 is 0. The molecule has 0 aromatic heterocycles. The van der Waals surface area contributed by atoms with E-state index in [0.717, 1.165) is 0 Å². The van der Waals surface area contributed by atoms with Crippen molar-refractivity contribution in [2.45, 2.75) is 38.8 Å². The molecule has 1 atom stereocenters. The van der Waals surface area contributed by atoms with Crippen LogP contribution in [0.25, 0.3) is 0 Å². The molecule has 1 saturated heterocycles. The Balaban J connectivity index is 2.20. The molecule has 0 radical (unpaired) electrons. The molecule has 5 N–H and O–H groups in total. The standard InChI is InChI=1S/C26H32F3N5O6/c1-4-38-21-15-18(7-10-20(21)39-16(2)3)25(40-24(36)26(27,28)29,23(35)33-34-11-13-37-14-12-34)32-19-8-5-17(6-9-19)22(30)31/h5-10,15-16,32H,4,11-14H2,1-3H3,(H3,30,31)(H,33,35). The van der Waals surface area contributed by atoms with Crippen molar-refractivity contribution < 1.29 is 41.7 Å². The normalized spacial score (nSPS) is 15.6. The van der Waals surface area contributed by atoms with Crippen molar-refractivity contribution in [3.63, 3.8) is 0 Å². The Labute approximate surface area is 229 Å². The van der Waals surface area contributed by atoms with Gasteiger partial charge in [0.2, 0.25) is 0 Å². The number of hydrogen-bond acceptors (Lipinski definition) is 9. The van der Waals surface area contributed by atoms with E-state index in [-0.39, 0.29) is 67.6 Å². The highest BCUT2D eigenvalue weighted by atomic mass is 19.4. The van der Waals surface area contributed by atoms with E-state index in [1.165, 1.54) is 47.5 Å². The van der Waals surface area contributed by atoms with Gasteiger partial charge in [-0.05, 0) is 63.2 Å². The summed E-state index contributed by atoms with van der Waals surface area (Å²) in [5, 5.41) is 11.7. The van der Waals surface area contributed by atoms with E-state index in [4.69, 9.17) is 30.1 Å². The minimum absolute atomic E-state index is 0.0950. The first kappa shape index (κ1) is 30.5. The largest absolute Gasteiger partial charge is 0.491 e. The summed E-state index contributed by atoms with van der Waals surface area (Å²) in [5.74, 6) is -3.56. The second-order valence-corrected chi connectivity index (χ2v) is 8.99. The molecule has 218 valence electrons. The van der Waals surface area contributed by atoms with Gasteiger partial charge in [0.25, 0.3) is 5.72 Å². The van der Waals surface area contributed by atoms with Crippen LogP contribution in [0.4, 0.5) is 18.9 Å². The van der Waals surface area contributed by atoms with Crippen molar-refractivity contribution in [1.82, 2.24) is 10.4 Å². The van der Waals surface area contributed by atoms with E-state index in [9.17, 15) is 22.8 Å². The van der Waals surface area contributed by atoms with Crippen molar-refractivity contribution in [3.05, 3.63) is 53.6 Å². The Morgan fingerprint density at radius 1 is 1.10 bits per heavy atom. The Morgan fingerprint density at radius 2 is 1.75 bits per heavy atom. The molecule has 2 aromatic carbocycles. The van der Waals surface area contributed by atoms with Gasteiger partial charge < -0.3 is 30.0 Å². The lowest BCUT2D eigenvalue weighted by Crippen LogP contribution is -2.59. The predicted octanol–water partition coefficient (Wildman–Crippen LogP) is 2.89. The first-order valence-electron chi connectivity index (χ1n) is 12.5. The third-order valence-corrected chi connectivity index (χ3v) is 5.60. The summed E-state index contributed by atoms with van der Waals surface area (Å²) in [6, 6.07) is 9.61. The Bertz CT molecular complexity index is 1200. The van der Waals surface area contributed by atoms with Crippen LogP contribution in [0.3, 0.4) is 0 Å². The van der Waals surface area contributed by atoms with Gasteiger partial charge in [-0.15, -0.1) is 0 Å². The molecule has 2 aromatic rings. The number of amides is 1. The maximum atomic E-state index is 13.9. The number of nitrogens with one attached hydrogen (secondary N) is 3. The number of esters is 1. The minimum Gasteiger partial charge on any atom is -0.490 e. The van der Waals surface area contributed by atoms with Gasteiger partial charge in [0.15, 0.2) is 11.5 Å². The van der Waals surface area contributed by atoms with Crippen molar-refractivity contribution >= 4 is 23.4 Å².